The summed E-state index contributed by atoms with van der Waals surface area (Å²) in [5.41, 5.74) is 3.49. The number of hydrogen-bond acceptors (Lipinski definition) is 2. The zero-order chi connectivity index (χ0) is 15.9. The molecule has 0 aromatic heterocycles. The Hall–Kier alpha value is -1.51. The third kappa shape index (κ3) is 2.99. The summed E-state index contributed by atoms with van der Waals surface area (Å²) in [5, 5.41) is 3.22. The molecule has 2 bridgehead atoms. The van der Waals surface area contributed by atoms with Crippen LogP contribution in [0.4, 0.5) is 0 Å². The van der Waals surface area contributed by atoms with Gasteiger partial charge in [-0.15, -0.1) is 0 Å². The molecule has 2 aliphatic carbocycles. The number of fused-ring (bicyclic) bond motifs is 2. The van der Waals surface area contributed by atoms with Crippen LogP contribution in [0.25, 0.3) is 0 Å². The van der Waals surface area contributed by atoms with E-state index in [2.05, 4.69) is 25.2 Å². The molecule has 1 N–H and O–H groups in total. The average Bonchev–Trinajstić information content (AvgIpc) is 3.06. The average molecular weight is 301 g/mol. The predicted octanol–water partition coefficient (Wildman–Crippen LogP) is 3.68. The minimum Gasteiger partial charge on any atom is -0.481 e. The van der Waals surface area contributed by atoms with Gasteiger partial charge in [-0.3, -0.25) is 4.79 Å². The molecule has 0 saturated heterocycles. The van der Waals surface area contributed by atoms with Gasteiger partial charge >= 0.3 is 0 Å². The van der Waals surface area contributed by atoms with Crippen molar-refractivity contribution >= 4 is 5.91 Å². The third-order valence-electron chi connectivity index (χ3n) is 5.50. The number of rotatable bonds is 4. The second-order valence-electron chi connectivity index (χ2n) is 7.25. The number of hydrogen-bond donors (Lipinski definition) is 1. The topological polar surface area (TPSA) is 38.3 Å². The highest BCUT2D eigenvalue weighted by Gasteiger charge is 2.40. The SMILES string of the molecule is Cc1cc(C)c(C)c(O[C@H](C)C(=O)N[C@H]2C[C@@H]3CC[C@@H]2C3)c1. The zero-order valence-corrected chi connectivity index (χ0v) is 14.1. The van der Waals surface area contributed by atoms with Crippen molar-refractivity contribution in [2.24, 2.45) is 11.8 Å². The van der Waals surface area contributed by atoms with E-state index in [9.17, 15) is 4.79 Å². The number of aryl methyl sites for hydroxylation is 2. The molecule has 4 atom stereocenters. The molecule has 3 rings (SSSR count). The molecule has 120 valence electrons. The fraction of sp³-hybridized carbons (Fsp3) is 0.632. The van der Waals surface area contributed by atoms with Crippen molar-refractivity contribution in [2.45, 2.75) is 65.5 Å². The van der Waals surface area contributed by atoms with Crippen LogP contribution < -0.4 is 10.1 Å². The van der Waals surface area contributed by atoms with Crippen molar-refractivity contribution in [3.05, 3.63) is 28.8 Å². The monoisotopic (exact) mass is 301 g/mol. The van der Waals surface area contributed by atoms with Crippen LogP contribution in [0.15, 0.2) is 12.1 Å². The highest BCUT2D eigenvalue weighted by molar-refractivity contribution is 5.81. The lowest BCUT2D eigenvalue weighted by molar-refractivity contribution is -0.128. The number of amides is 1. The van der Waals surface area contributed by atoms with E-state index in [0.717, 1.165) is 23.7 Å². The summed E-state index contributed by atoms with van der Waals surface area (Å²) >= 11 is 0. The molecule has 1 aromatic carbocycles. The van der Waals surface area contributed by atoms with Crippen molar-refractivity contribution < 1.29 is 9.53 Å². The van der Waals surface area contributed by atoms with Gasteiger partial charge in [0.1, 0.15) is 5.75 Å². The molecule has 3 heteroatoms. The molecule has 2 aliphatic rings. The number of carbonyl (C=O) groups is 1. The highest BCUT2D eigenvalue weighted by Crippen LogP contribution is 2.44. The second-order valence-corrected chi connectivity index (χ2v) is 7.25. The van der Waals surface area contributed by atoms with E-state index in [1.165, 1.54) is 30.4 Å². The highest BCUT2D eigenvalue weighted by atomic mass is 16.5. The lowest BCUT2D eigenvalue weighted by Gasteiger charge is -2.25. The Morgan fingerprint density at radius 1 is 1.23 bits per heavy atom. The fourth-order valence-electron chi connectivity index (χ4n) is 4.09. The Morgan fingerprint density at radius 3 is 2.64 bits per heavy atom. The summed E-state index contributed by atoms with van der Waals surface area (Å²) in [6, 6.07) is 4.53. The van der Waals surface area contributed by atoms with Gasteiger partial charge < -0.3 is 10.1 Å². The van der Waals surface area contributed by atoms with Gasteiger partial charge in [-0.2, -0.15) is 0 Å². The zero-order valence-electron chi connectivity index (χ0n) is 14.1. The first-order valence-electron chi connectivity index (χ1n) is 8.49. The quantitative estimate of drug-likeness (QED) is 0.921. The minimum atomic E-state index is -0.445. The molecule has 0 unspecified atom stereocenters. The van der Waals surface area contributed by atoms with Gasteiger partial charge in [0, 0.05) is 6.04 Å². The van der Waals surface area contributed by atoms with Crippen LogP contribution in [0.2, 0.25) is 0 Å². The van der Waals surface area contributed by atoms with E-state index < -0.39 is 6.10 Å². The molecule has 1 amide bonds. The molecule has 0 heterocycles. The van der Waals surface area contributed by atoms with Gasteiger partial charge in [0.15, 0.2) is 6.10 Å². The van der Waals surface area contributed by atoms with Gasteiger partial charge in [-0.05, 0) is 81.5 Å². The summed E-state index contributed by atoms with van der Waals surface area (Å²) in [6.45, 7) is 8.03. The van der Waals surface area contributed by atoms with E-state index in [0.29, 0.717) is 12.0 Å². The van der Waals surface area contributed by atoms with Crippen LogP contribution in [-0.2, 0) is 4.79 Å². The van der Waals surface area contributed by atoms with E-state index in [1.807, 2.05) is 19.9 Å². The van der Waals surface area contributed by atoms with Crippen LogP contribution in [0.3, 0.4) is 0 Å². The van der Waals surface area contributed by atoms with Crippen LogP contribution in [-0.4, -0.2) is 18.1 Å². The van der Waals surface area contributed by atoms with Crippen LogP contribution in [0.5, 0.6) is 5.75 Å². The maximum absolute atomic E-state index is 12.4. The van der Waals surface area contributed by atoms with Crippen molar-refractivity contribution in [1.82, 2.24) is 5.32 Å². The van der Waals surface area contributed by atoms with Crippen LogP contribution in [0, 0.1) is 32.6 Å². The summed E-state index contributed by atoms with van der Waals surface area (Å²) in [7, 11) is 0. The first-order valence-corrected chi connectivity index (χ1v) is 8.49. The molecule has 2 fully saturated rings. The van der Waals surface area contributed by atoms with Gasteiger partial charge in [0.05, 0.1) is 0 Å². The second kappa shape index (κ2) is 5.94. The number of benzene rings is 1. The normalized spacial score (nSPS) is 27.7. The molecule has 0 radical (unpaired) electrons. The summed E-state index contributed by atoms with van der Waals surface area (Å²) in [4.78, 5) is 12.4. The van der Waals surface area contributed by atoms with Crippen molar-refractivity contribution in [3.8, 4) is 5.75 Å². The fourth-order valence-corrected chi connectivity index (χ4v) is 4.09. The molecule has 1 aromatic rings. The predicted molar refractivity (Wildman–Crippen MR) is 88.1 cm³/mol. The lowest BCUT2D eigenvalue weighted by atomic mass is 9.95. The molecule has 22 heavy (non-hydrogen) atoms. The maximum Gasteiger partial charge on any atom is 0.261 e. The molecular weight excluding hydrogens is 274 g/mol. The first kappa shape index (κ1) is 15.4. The van der Waals surface area contributed by atoms with Gasteiger partial charge in [-0.1, -0.05) is 12.5 Å². The Balaban J connectivity index is 1.62. The first-order chi connectivity index (χ1) is 10.4. The van der Waals surface area contributed by atoms with E-state index in [1.54, 1.807) is 0 Å². The van der Waals surface area contributed by atoms with Crippen molar-refractivity contribution in [1.29, 1.82) is 0 Å². The summed E-state index contributed by atoms with van der Waals surface area (Å²) < 4.78 is 5.95. The Morgan fingerprint density at radius 2 is 2.00 bits per heavy atom. The smallest absolute Gasteiger partial charge is 0.261 e. The minimum absolute atomic E-state index is 0.0242. The molecule has 2 saturated carbocycles. The van der Waals surface area contributed by atoms with Crippen LogP contribution in [0.1, 0.15) is 49.3 Å². The standard InChI is InChI=1S/C19H27NO2/c1-11-7-12(2)13(3)18(8-11)22-14(4)19(21)20-17-10-15-5-6-16(17)9-15/h7-8,14-17H,5-6,9-10H2,1-4H3,(H,20,21)/t14-,15-,16-,17+/m1/s1. The third-order valence-corrected chi connectivity index (χ3v) is 5.50. The number of carbonyl (C=O) groups excluding carboxylic acids is 1. The van der Waals surface area contributed by atoms with Gasteiger partial charge in [0.2, 0.25) is 0 Å². The van der Waals surface area contributed by atoms with Crippen molar-refractivity contribution in [2.75, 3.05) is 0 Å². The van der Waals surface area contributed by atoms with Gasteiger partial charge in [-0.25, -0.2) is 0 Å². The largest absolute Gasteiger partial charge is 0.481 e. The van der Waals surface area contributed by atoms with Crippen LogP contribution >= 0.6 is 0 Å². The molecule has 0 aliphatic heterocycles. The number of ether oxygens (including phenoxy) is 1. The Kier molecular flexibility index (Phi) is 4.16. The molecule has 0 spiro atoms. The molecular formula is C19H27NO2. The lowest BCUT2D eigenvalue weighted by Crippen LogP contribution is -2.44. The Labute approximate surface area is 133 Å². The van der Waals surface area contributed by atoms with E-state index in [-0.39, 0.29) is 5.91 Å². The molecule has 3 nitrogen and oxygen atoms in total. The summed E-state index contributed by atoms with van der Waals surface area (Å²) in [6.07, 6.45) is 4.65. The van der Waals surface area contributed by atoms with E-state index >= 15 is 0 Å². The van der Waals surface area contributed by atoms with Crippen molar-refractivity contribution in [3.63, 3.8) is 0 Å². The summed E-state index contributed by atoms with van der Waals surface area (Å²) in [5.74, 6) is 2.39. The Bertz CT molecular complexity index is 581. The maximum atomic E-state index is 12.4. The number of nitrogens with one attached hydrogen (secondary N) is 1. The van der Waals surface area contributed by atoms with Gasteiger partial charge in [0.25, 0.3) is 5.91 Å². The van der Waals surface area contributed by atoms with E-state index in [4.69, 9.17) is 4.74 Å².